The smallest absolute Gasteiger partial charge is 0.320 e. The second kappa shape index (κ2) is 5.84. The summed E-state index contributed by atoms with van der Waals surface area (Å²) in [4.78, 5) is 4.22. The molecule has 0 aliphatic rings. The summed E-state index contributed by atoms with van der Waals surface area (Å²) in [6, 6.07) is 16.1. The number of phenolic OH excluding ortho intramolecular Hbond substituents is 1. The lowest BCUT2D eigenvalue weighted by molar-refractivity contribution is 0.415. The van der Waals surface area contributed by atoms with Gasteiger partial charge in [0.15, 0.2) is 0 Å². The summed E-state index contributed by atoms with van der Waals surface area (Å²) in [6.45, 7) is 0. The molecule has 8 heteroatoms. The van der Waals surface area contributed by atoms with Crippen LogP contribution < -0.4 is 5.32 Å². The molecule has 0 fully saturated rings. The van der Waals surface area contributed by atoms with Gasteiger partial charge >= 0.3 is 17.8 Å². The molecule has 0 saturated carbocycles. The highest BCUT2D eigenvalue weighted by Gasteiger charge is 2.17. The van der Waals surface area contributed by atoms with Crippen molar-refractivity contribution in [1.29, 1.82) is 0 Å². The molecular weight excluding hydrogens is 310 g/mol. The van der Waals surface area contributed by atoms with Crippen LogP contribution in [0.25, 0.3) is 23.2 Å². The zero-order valence-electron chi connectivity index (χ0n) is 12.2. The molecule has 24 heavy (non-hydrogen) atoms. The molecule has 8 nitrogen and oxygen atoms in total. The summed E-state index contributed by atoms with van der Waals surface area (Å²) < 4.78 is 10.6. The average molecular weight is 321 g/mol. The van der Waals surface area contributed by atoms with Crippen LogP contribution in [0.1, 0.15) is 0 Å². The zero-order chi connectivity index (χ0) is 16.4. The maximum atomic E-state index is 9.31. The maximum Gasteiger partial charge on any atom is 0.320 e. The zero-order valence-corrected chi connectivity index (χ0v) is 12.2. The number of benzene rings is 2. The lowest BCUT2D eigenvalue weighted by Gasteiger charge is -1.98. The average Bonchev–Trinajstić information content (AvgIpc) is 3.26. The van der Waals surface area contributed by atoms with Crippen molar-refractivity contribution >= 4 is 11.7 Å². The number of hydrogen-bond acceptors (Lipinski definition) is 8. The Morgan fingerprint density at radius 1 is 0.875 bits per heavy atom. The molecule has 2 aromatic heterocycles. The fraction of sp³-hybridized carbons (Fsp3) is 0. The highest BCUT2D eigenvalue weighted by atomic mass is 16.5. The van der Waals surface area contributed by atoms with Gasteiger partial charge in [-0.1, -0.05) is 28.5 Å². The normalized spacial score (nSPS) is 10.7. The van der Waals surface area contributed by atoms with E-state index in [-0.39, 0.29) is 23.5 Å². The molecule has 2 N–H and O–H groups in total. The predicted molar refractivity (Wildman–Crippen MR) is 84.4 cm³/mol. The Morgan fingerprint density at radius 2 is 1.67 bits per heavy atom. The van der Waals surface area contributed by atoms with Gasteiger partial charge in [-0.15, -0.1) is 5.10 Å². The first-order valence-corrected chi connectivity index (χ1v) is 7.07. The summed E-state index contributed by atoms with van der Waals surface area (Å²) in [6.07, 6.45) is 0. The van der Waals surface area contributed by atoms with Crippen molar-refractivity contribution in [2.45, 2.75) is 0 Å². The van der Waals surface area contributed by atoms with Gasteiger partial charge in [0.25, 0.3) is 0 Å². The number of aromatic nitrogens is 4. The number of phenols is 1. The van der Waals surface area contributed by atoms with Crippen molar-refractivity contribution in [3.8, 4) is 28.9 Å². The molecule has 0 spiro atoms. The molecule has 0 atom stereocenters. The summed E-state index contributed by atoms with van der Waals surface area (Å²) in [5, 5.41) is 23.9. The van der Waals surface area contributed by atoms with Crippen LogP contribution in [0.15, 0.2) is 63.5 Å². The topological polar surface area (TPSA) is 110 Å². The molecule has 0 unspecified atom stereocenters. The number of anilines is 2. The van der Waals surface area contributed by atoms with Gasteiger partial charge in [-0.25, -0.2) is 0 Å². The Labute approximate surface area is 135 Å². The lowest BCUT2D eigenvalue weighted by atomic mass is 10.2. The number of nitrogens with zero attached hydrogens (tertiary/aromatic N) is 4. The highest BCUT2D eigenvalue weighted by molar-refractivity contribution is 5.58. The molecule has 0 radical (unpaired) electrons. The second-order valence-electron chi connectivity index (χ2n) is 4.87. The maximum absolute atomic E-state index is 9.31. The van der Waals surface area contributed by atoms with Gasteiger partial charge in [0, 0.05) is 11.3 Å². The van der Waals surface area contributed by atoms with E-state index in [9.17, 15) is 5.11 Å². The number of rotatable bonds is 4. The molecule has 118 valence electrons. The van der Waals surface area contributed by atoms with Crippen LogP contribution in [0.4, 0.5) is 11.7 Å². The van der Waals surface area contributed by atoms with E-state index in [0.29, 0.717) is 11.4 Å². The van der Waals surface area contributed by atoms with E-state index >= 15 is 0 Å². The van der Waals surface area contributed by atoms with E-state index in [2.05, 4.69) is 25.7 Å². The quantitative estimate of drug-likeness (QED) is 0.589. The third kappa shape index (κ3) is 2.80. The van der Waals surface area contributed by atoms with Crippen LogP contribution in [0.3, 0.4) is 0 Å². The van der Waals surface area contributed by atoms with Crippen LogP contribution in [-0.4, -0.2) is 25.4 Å². The van der Waals surface area contributed by atoms with Gasteiger partial charge in [-0.2, -0.15) is 4.98 Å². The molecule has 0 bridgehead atoms. The Morgan fingerprint density at radius 3 is 2.46 bits per heavy atom. The molecule has 0 aliphatic carbocycles. The van der Waals surface area contributed by atoms with Crippen LogP contribution in [0.5, 0.6) is 5.75 Å². The first-order chi connectivity index (χ1) is 11.8. The van der Waals surface area contributed by atoms with Gasteiger partial charge < -0.3 is 19.4 Å². The van der Waals surface area contributed by atoms with Crippen molar-refractivity contribution in [2.24, 2.45) is 0 Å². The van der Waals surface area contributed by atoms with Crippen LogP contribution in [0, 0.1) is 0 Å². The fourth-order valence-corrected chi connectivity index (χ4v) is 2.04. The standard InChI is InChI=1S/C16H11N5O3/c22-12-8-6-10(7-9-12)13-18-14(24-21-13)15-19-20-16(23-15)17-11-4-2-1-3-5-11/h1-9,22H,(H,17,20). The third-order valence-corrected chi connectivity index (χ3v) is 3.18. The van der Waals surface area contributed by atoms with Gasteiger partial charge in [0.05, 0.1) is 0 Å². The Bertz CT molecular complexity index is 947. The van der Waals surface area contributed by atoms with Crippen LogP contribution >= 0.6 is 0 Å². The van der Waals surface area contributed by atoms with Gasteiger partial charge in [0.2, 0.25) is 5.82 Å². The molecule has 4 rings (SSSR count). The van der Waals surface area contributed by atoms with Crippen molar-refractivity contribution in [3.63, 3.8) is 0 Å². The molecular formula is C16H11N5O3. The lowest BCUT2D eigenvalue weighted by Crippen LogP contribution is -1.88. The minimum Gasteiger partial charge on any atom is -0.508 e. The van der Waals surface area contributed by atoms with Gasteiger partial charge in [0.1, 0.15) is 5.75 Å². The van der Waals surface area contributed by atoms with E-state index in [4.69, 9.17) is 8.94 Å². The molecule has 0 amide bonds. The molecule has 0 saturated heterocycles. The third-order valence-electron chi connectivity index (χ3n) is 3.18. The number of para-hydroxylation sites is 1. The van der Waals surface area contributed by atoms with E-state index in [1.165, 1.54) is 0 Å². The molecule has 2 aromatic carbocycles. The number of nitrogens with one attached hydrogen (secondary N) is 1. The van der Waals surface area contributed by atoms with Gasteiger partial charge in [-0.05, 0) is 36.4 Å². The summed E-state index contributed by atoms with van der Waals surface area (Å²) >= 11 is 0. The van der Waals surface area contributed by atoms with E-state index in [1.807, 2.05) is 30.3 Å². The van der Waals surface area contributed by atoms with Gasteiger partial charge in [-0.3, -0.25) is 0 Å². The summed E-state index contributed by atoms with van der Waals surface area (Å²) in [5.41, 5.74) is 1.52. The van der Waals surface area contributed by atoms with Crippen molar-refractivity contribution in [1.82, 2.24) is 20.3 Å². The first kappa shape index (κ1) is 13.9. The van der Waals surface area contributed by atoms with Crippen molar-refractivity contribution < 1.29 is 14.0 Å². The molecule has 2 heterocycles. The minimum atomic E-state index is 0.117. The largest absolute Gasteiger partial charge is 0.508 e. The number of hydrogen-bond donors (Lipinski definition) is 2. The molecule has 0 aliphatic heterocycles. The number of aromatic hydroxyl groups is 1. The van der Waals surface area contributed by atoms with E-state index in [0.717, 1.165) is 5.69 Å². The SMILES string of the molecule is Oc1ccc(-c2noc(-c3nnc(Nc4ccccc4)o3)n2)cc1. The fourth-order valence-electron chi connectivity index (χ4n) is 2.04. The summed E-state index contributed by atoms with van der Waals surface area (Å²) in [7, 11) is 0. The van der Waals surface area contributed by atoms with Crippen LogP contribution in [-0.2, 0) is 0 Å². The first-order valence-electron chi connectivity index (χ1n) is 7.07. The van der Waals surface area contributed by atoms with E-state index < -0.39 is 0 Å². The Kier molecular flexibility index (Phi) is 3.39. The van der Waals surface area contributed by atoms with Crippen molar-refractivity contribution in [2.75, 3.05) is 5.32 Å². The highest BCUT2D eigenvalue weighted by Crippen LogP contribution is 2.24. The second-order valence-corrected chi connectivity index (χ2v) is 4.87. The van der Waals surface area contributed by atoms with E-state index in [1.54, 1.807) is 24.3 Å². The van der Waals surface area contributed by atoms with Crippen LogP contribution in [0.2, 0.25) is 0 Å². The Hall–Kier alpha value is -3.68. The van der Waals surface area contributed by atoms with Crippen molar-refractivity contribution in [3.05, 3.63) is 54.6 Å². The minimum absolute atomic E-state index is 0.117. The predicted octanol–water partition coefficient (Wildman–Crippen LogP) is 3.24. The molecule has 4 aromatic rings. The Balaban J connectivity index is 1.56. The summed E-state index contributed by atoms with van der Waals surface area (Å²) in [5.74, 6) is 0.759. The monoisotopic (exact) mass is 321 g/mol.